The predicted molar refractivity (Wildman–Crippen MR) is 56.5 cm³/mol. The van der Waals surface area contributed by atoms with Crippen molar-refractivity contribution in [3.8, 4) is 0 Å². The van der Waals surface area contributed by atoms with Crippen LogP contribution in [0.25, 0.3) is 0 Å². The van der Waals surface area contributed by atoms with Gasteiger partial charge in [0.25, 0.3) is 0 Å². The van der Waals surface area contributed by atoms with Crippen LogP contribution in [-0.2, 0) is 6.42 Å². The smallest absolute Gasteiger partial charge is 0.384 e. The van der Waals surface area contributed by atoms with Crippen LogP contribution in [0.3, 0.4) is 0 Å². The van der Waals surface area contributed by atoms with Crippen molar-refractivity contribution in [2.75, 3.05) is 0 Å². The highest BCUT2D eigenvalue weighted by atomic mass is 35.5. The van der Waals surface area contributed by atoms with Gasteiger partial charge in [0.1, 0.15) is 0 Å². The first-order chi connectivity index (χ1) is 7.39. The first-order valence-corrected chi connectivity index (χ1v) is 5.26. The second-order valence-electron chi connectivity index (χ2n) is 3.58. The van der Waals surface area contributed by atoms with E-state index < -0.39 is 24.1 Å². The summed E-state index contributed by atoms with van der Waals surface area (Å²) in [4.78, 5) is 0. The van der Waals surface area contributed by atoms with Crippen molar-refractivity contribution in [2.45, 2.75) is 30.5 Å². The summed E-state index contributed by atoms with van der Waals surface area (Å²) in [6.45, 7) is 0. The third-order valence-corrected chi connectivity index (χ3v) is 2.49. The molecule has 1 nitrogen and oxygen atoms in total. The van der Waals surface area contributed by atoms with Gasteiger partial charge in [0.05, 0.1) is 0 Å². The molecule has 0 amide bonds. The lowest BCUT2D eigenvalue weighted by Gasteiger charge is -2.17. The van der Waals surface area contributed by atoms with Crippen molar-refractivity contribution in [1.29, 1.82) is 0 Å². The molecule has 90 valence electrons. The SMILES string of the molecule is OC(CC(Cl)Cc1ccccc1)C(F)(F)F. The molecule has 5 heteroatoms. The Morgan fingerprint density at radius 2 is 1.75 bits per heavy atom. The topological polar surface area (TPSA) is 20.2 Å². The third-order valence-electron chi connectivity index (χ3n) is 2.16. The van der Waals surface area contributed by atoms with Crippen LogP contribution in [0.15, 0.2) is 30.3 Å². The van der Waals surface area contributed by atoms with Crippen LogP contribution >= 0.6 is 11.6 Å². The van der Waals surface area contributed by atoms with Crippen molar-refractivity contribution in [2.24, 2.45) is 0 Å². The minimum absolute atomic E-state index is 0.315. The Bertz CT molecular complexity index is 313. The summed E-state index contributed by atoms with van der Waals surface area (Å²) in [6.07, 6.45) is -7.11. The molecule has 0 heterocycles. The zero-order chi connectivity index (χ0) is 12.2. The average Bonchev–Trinajstić information content (AvgIpc) is 2.17. The van der Waals surface area contributed by atoms with Gasteiger partial charge in [-0.15, -0.1) is 11.6 Å². The highest BCUT2D eigenvalue weighted by Crippen LogP contribution is 2.25. The second-order valence-corrected chi connectivity index (χ2v) is 4.20. The molecule has 0 saturated heterocycles. The Hall–Kier alpha value is -0.740. The number of alkyl halides is 4. The van der Waals surface area contributed by atoms with Crippen molar-refractivity contribution < 1.29 is 18.3 Å². The quantitative estimate of drug-likeness (QED) is 0.817. The predicted octanol–water partition coefficient (Wildman–Crippen LogP) is 3.15. The normalized spacial score (nSPS) is 15.8. The molecule has 0 radical (unpaired) electrons. The highest BCUT2D eigenvalue weighted by Gasteiger charge is 2.39. The first kappa shape index (κ1) is 13.3. The zero-order valence-corrected chi connectivity index (χ0v) is 9.17. The number of halogens is 4. The number of benzene rings is 1. The molecule has 1 N–H and O–H groups in total. The standard InChI is InChI=1S/C11H12ClF3O/c12-9(7-10(16)11(13,14)15)6-8-4-2-1-3-5-8/h1-5,9-10,16H,6-7H2. The molecule has 0 aliphatic carbocycles. The molecule has 0 fully saturated rings. The van der Waals surface area contributed by atoms with Gasteiger partial charge in [0.2, 0.25) is 0 Å². The van der Waals surface area contributed by atoms with E-state index in [1.807, 2.05) is 6.07 Å². The molecule has 0 spiro atoms. The Labute approximate surface area is 96.9 Å². The lowest BCUT2D eigenvalue weighted by Crippen LogP contribution is -2.31. The summed E-state index contributed by atoms with van der Waals surface area (Å²) in [7, 11) is 0. The molecule has 16 heavy (non-hydrogen) atoms. The minimum Gasteiger partial charge on any atom is -0.384 e. The summed E-state index contributed by atoms with van der Waals surface area (Å²) in [5.41, 5.74) is 0.858. The number of hydrogen-bond donors (Lipinski definition) is 1. The van der Waals surface area contributed by atoms with Crippen LogP contribution < -0.4 is 0 Å². The van der Waals surface area contributed by atoms with Gasteiger partial charge in [-0.2, -0.15) is 13.2 Å². The van der Waals surface area contributed by atoms with E-state index in [1.165, 1.54) is 0 Å². The van der Waals surface area contributed by atoms with Gasteiger partial charge in [-0.25, -0.2) is 0 Å². The van der Waals surface area contributed by atoms with Crippen LogP contribution in [-0.4, -0.2) is 22.8 Å². The van der Waals surface area contributed by atoms with Gasteiger partial charge >= 0.3 is 6.18 Å². The second kappa shape index (κ2) is 5.55. The lowest BCUT2D eigenvalue weighted by molar-refractivity contribution is -0.205. The summed E-state index contributed by atoms with van der Waals surface area (Å²) in [5, 5.41) is 8.10. The highest BCUT2D eigenvalue weighted by molar-refractivity contribution is 6.20. The van der Waals surface area contributed by atoms with Crippen molar-refractivity contribution >= 4 is 11.6 Å². The maximum absolute atomic E-state index is 12.0. The van der Waals surface area contributed by atoms with Crippen LogP contribution in [0.5, 0.6) is 0 Å². The molecule has 1 rings (SSSR count). The van der Waals surface area contributed by atoms with Crippen molar-refractivity contribution in [3.63, 3.8) is 0 Å². The van der Waals surface area contributed by atoms with Crippen molar-refractivity contribution in [1.82, 2.24) is 0 Å². The van der Waals surface area contributed by atoms with E-state index in [2.05, 4.69) is 0 Å². The summed E-state index contributed by atoms with van der Waals surface area (Å²) in [6, 6.07) is 8.97. The van der Waals surface area contributed by atoms with Crippen LogP contribution in [0.4, 0.5) is 13.2 Å². The number of hydrogen-bond acceptors (Lipinski definition) is 1. The Kier molecular flexibility index (Phi) is 4.62. The van der Waals surface area contributed by atoms with Crippen LogP contribution in [0.2, 0.25) is 0 Å². The molecule has 0 saturated carbocycles. The molecule has 0 aromatic heterocycles. The van der Waals surface area contributed by atoms with E-state index in [4.69, 9.17) is 16.7 Å². The zero-order valence-electron chi connectivity index (χ0n) is 8.41. The van der Waals surface area contributed by atoms with E-state index in [1.54, 1.807) is 24.3 Å². The van der Waals surface area contributed by atoms with E-state index in [9.17, 15) is 13.2 Å². The average molecular weight is 253 g/mol. The van der Waals surface area contributed by atoms with Gasteiger partial charge in [-0.05, 0) is 18.4 Å². The number of rotatable bonds is 4. The third kappa shape index (κ3) is 4.41. The molecule has 0 aliphatic heterocycles. The van der Waals surface area contributed by atoms with Gasteiger partial charge in [-0.3, -0.25) is 0 Å². The summed E-state index contributed by atoms with van der Waals surface area (Å²) < 4.78 is 36.1. The molecular formula is C11H12ClF3O. The Morgan fingerprint density at radius 3 is 2.25 bits per heavy atom. The maximum atomic E-state index is 12.0. The fourth-order valence-corrected chi connectivity index (χ4v) is 1.68. The molecule has 0 aliphatic rings. The van der Waals surface area contributed by atoms with E-state index >= 15 is 0 Å². The number of aliphatic hydroxyl groups is 1. The molecule has 1 aromatic rings. The molecule has 2 atom stereocenters. The monoisotopic (exact) mass is 252 g/mol. The maximum Gasteiger partial charge on any atom is 0.414 e. The van der Waals surface area contributed by atoms with E-state index in [0.717, 1.165) is 5.56 Å². The van der Waals surface area contributed by atoms with Crippen molar-refractivity contribution in [3.05, 3.63) is 35.9 Å². The molecule has 1 aromatic carbocycles. The minimum atomic E-state index is -4.59. The van der Waals surface area contributed by atoms with Crippen LogP contribution in [0, 0.1) is 0 Å². The van der Waals surface area contributed by atoms with Gasteiger partial charge < -0.3 is 5.11 Å². The summed E-state index contributed by atoms with van der Waals surface area (Å²) in [5.74, 6) is 0. The van der Waals surface area contributed by atoms with Gasteiger partial charge in [0, 0.05) is 5.38 Å². The molecular weight excluding hydrogens is 241 g/mol. The fraction of sp³-hybridized carbons (Fsp3) is 0.455. The lowest BCUT2D eigenvalue weighted by atomic mass is 10.1. The first-order valence-electron chi connectivity index (χ1n) is 4.82. The summed E-state index contributed by atoms with van der Waals surface area (Å²) >= 11 is 5.76. The largest absolute Gasteiger partial charge is 0.414 e. The number of aliphatic hydroxyl groups excluding tert-OH is 1. The Balaban J connectivity index is 2.45. The van der Waals surface area contributed by atoms with E-state index in [-0.39, 0.29) is 0 Å². The van der Waals surface area contributed by atoms with Crippen LogP contribution in [0.1, 0.15) is 12.0 Å². The molecule has 0 bridgehead atoms. The fourth-order valence-electron chi connectivity index (χ4n) is 1.33. The Morgan fingerprint density at radius 1 is 1.19 bits per heavy atom. The van der Waals surface area contributed by atoms with Gasteiger partial charge in [0.15, 0.2) is 6.10 Å². The van der Waals surface area contributed by atoms with E-state index in [0.29, 0.717) is 6.42 Å². The molecule has 2 unspecified atom stereocenters. The van der Waals surface area contributed by atoms with Gasteiger partial charge in [-0.1, -0.05) is 30.3 Å².